The van der Waals surface area contributed by atoms with Crippen molar-refractivity contribution in [2.75, 3.05) is 6.16 Å². The van der Waals surface area contributed by atoms with Crippen LogP contribution < -0.4 is 0 Å². The summed E-state index contributed by atoms with van der Waals surface area (Å²) < 4.78 is 6.39. The molecule has 2 aliphatic heterocycles. The van der Waals surface area contributed by atoms with Gasteiger partial charge in [0.1, 0.15) is 5.60 Å². The van der Waals surface area contributed by atoms with Gasteiger partial charge in [-0.15, -0.1) is 0 Å². The molecule has 94 valence electrons. The topological polar surface area (TPSA) is 9.23 Å². The smallest absolute Gasteiger partial charge is 0.117 e. The molecule has 0 aromatic heterocycles. The maximum atomic E-state index is 6.39. The fourth-order valence-electron chi connectivity index (χ4n) is 2.95. The standard InChI is InChI=1S/C17H15OP/c1-3-7-14(8-4-1)16-13-17(11-12-19(16)18-17)15-9-5-2-6-10-15/h1-10,13H,11-12H2. The highest BCUT2D eigenvalue weighted by Gasteiger charge is 2.47. The van der Waals surface area contributed by atoms with Crippen LogP contribution in [-0.4, -0.2) is 6.16 Å². The van der Waals surface area contributed by atoms with E-state index in [2.05, 4.69) is 66.7 Å². The molecule has 1 fully saturated rings. The molecule has 2 atom stereocenters. The highest BCUT2D eigenvalue weighted by molar-refractivity contribution is 7.64. The van der Waals surface area contributed by atoms with Gasteiger partial charge in [0.2, 0.25) is 0 Å². The van der Waals surface area contributed by atoms with Gasteiger partial charge in [0.25, 0.3) is 0 Å². The normalized spacial score (nSPS) is 28.4. The molecule has 1 nitrogen and oxygen atoms in total. The summed E-state index contributed by atoms with van der Waals surface area (Å²) in [6, 6.07) is 21.3. The van der Waals surface area contributed by atoms with E-state index in [0.29, 0.717) is 0 Å². The van der Waals surface area contributed by atoms with Gasteiger partial charge in [-0.2, -0.15) is 0 Å². The summed E-state index contributed by atoms with van der Waals surface area (Å²) in [4.78, 5) is 0. The second kappa shape index (κ2) is 4.30. The lowest BCUT2D eigenvalue weighted by molar-refractivity contribution is 0.171. The lowest BCUT2D eigenvalue weighted by Crippen LogP contribution is -2.19. The molecule has 2 aliphatic rings. The molecule has 2 aromatic carbocycles. The second-order valence-corrected chi connectivity index (χ2v) is 6.96. The van der Waals surface area contributed by atoms with Crippen LogP contribution in [0.25, 0.3) is 5.31 Å². The summed E-state index contributed by atoms with van der Waals surface area (Å²) in [5.74, 6) is 0. The van der Waals surface area contributed by atoms with E-state index in [9.17, 15) is 0 Å². The van der Waals surface area contributed by atoms with Crippen LogP contribution in [-0.2, 0) is 10.1 Å². The summed E-state index contributed by atoms with van der Waals surface area (Å²) in [5.41, 5.74) is 2.47. The Kier molecular flexibility index (Phi) is 2.58. The molecule has 19 heavy (non-hydrogen) atoms. The molecule has 0 saturated carbocycles. The monoisotopic (exact) mass is 266 g/mol. The first-order chi connectivity index (χ1) is 9.37. The van der Waals surface area contributed by atoms with E-state index in [4.69, 9.17) is 4.52 Å². The van der Waals surface area contributed by atoms with Crippen molar-refractivity contribution in [1.29, 1.82) is 0 Å². The van der Waals surface area contributed by atoms with Crippen molar-refractivity contribution in [3.8, 4) is 0 Å². The summed E-state index contributed by atoms with van der Waals surface area (Å²) >= 11 is 0. The highest BCUT2D eigenvalue weighted by atomic mass is 31.1. The molecule has 2 bridgehead atoms. The van der Waals surface area contributed by atoms with Gasteiger partial charge in [0, 0.05) is 5.31 Å². The minimum Gasteiger partial charge on any atom is -0.339 e. The largest absolute Gasteiger partial charge is 0.339 e. The quantitative estimate of drug-likeness (QED) is 0.712. The summed E-state index contributed by atoms with van der Waals surface area (Å²) in [7, 11) is -0.420. The van der Waals surface area contributed by atoms with Gasteiger partial charge in [-0.1, -0.05) is 60.7 Å². The van der Waals surface area contributed by atoms with E-state index in [1.807, 2.05) is 0 Å². The fourth-order valence-corrected chi connectivity index (χ4v) is 5.35. The Hall–Kier alpha value is -1.43. The van der Waals surface area contributed by atoms with Crippen LogP contribution in [0.5, 0.6) is 0 Å². The van der Waals surface area contributed by atoms with Crippen molar-refractivity contribution >= 4 is 13.5 Å². The van der Waals surface area contributed by atoms with Crippen molar-refractivity contribution < 1.29 is 4.52 Å². The molecular weight excluding hydrogens is 251 g/mol. The van der Waals surface area contributed by atoms with Crippen LogP contribution in [0, 0.1) is 0 Å². The summed E-state index contributed by atoms with van der Waals surface area (Å²) in [6.07, 6.45) is 4.68. The Balaban J connectivity index is 1.79. The lowest BCUT2D eigenvalue weighted by atomic mass is 9.90. The van der Waals surface area contributed by atoms with Gasteiger partial charge in [-0.05, 0) is 29.8 Å². The van der Waals surface area contributed by atoms with Crippen LogP contribution in [0.15, 0.2) is 66.7 Å². The van der Waals surface area contributed by atoms with Crippen LogP contribution in [0.4, 0.5) is 0 Å². The van der Waals surface area contributed by atoms with Crippen molar-refractivity contribution in [2.24, 2.45) is 0 Å². The van der Waals surface area contributed by atoms with Gasteiger partial charge in [0.15, 0.2) is 0 Å². The van der Waals surface area contributed by atoms with Crippen LogP contribution in [0.1, 0.15) is 17.5 Å². The zero-order valence-electron chi connectivity index (χ0n) is 10.6. The Morgan fingerprint density at radius 2 is 1.58 bits per heavy atom. The first-order valence-corrected chi connectivity index (χ1v) is 8.12. The minimum absolute atomic E-state index is 0.155. The maximum absolute atomic E-state index is 6.39. The molecule has 4 rings (SSSR count). The number of benzene rings is 2. The van der Waals surface area contributed by atoms with Crippen LogP contribution in [0.2, 0.25) is 0 Å². The van der Waals surface area contributed by atoms with Gasteiger partial charge in [-0.3, -0.25) is 0 Å². The fraction of sp³-hybridized carbons (Fsp3) is 0.176. The average molecular weight is 266 g/mol. The lowest BCUT2D eigenvalue weighted by Gasteiger charge is -2.22. The zero-order valence-corrected chi connectivity index (χ0v) is 11.5. The van der Waals surface area contributed by atoms with E-state index in [0.717, 1.165) is 6.42 Å². The van der Waals surface area contributed by atoms with E-state index in [-0.39, 0.29) is 5.60 Å². The van der Waals surface area contributed by atoms with Crippen LogP contribution >= 0.6 is 8.15 Å². The molecule has 0 N–H and O–H groups in total. The third-order valence-electron chi connectivity index (χ3n) is 3.93. The number of fused-ring (bicyclic) bond motifs is 2. The predicted molar refractivity (Wildman–Crippen MR) is 80.0 cm³/mol. The Labute approximate surface area is 114 Å². The average Bonchev–Trinajstić information content (AvgIpc) is 3.09. The molecule has 0 amide bonds. The van der Waals surface area contributed by atoms with Crippen molar-refractivity contribution in [1.82, 2.24) is 0 Å². The van der Waals surface area contributed by atoms with Gasteiger partial charge in [-0.25, -0.2) is 0 Å². The number of rotatable bonds is 2. The third-order valence-corrected chi connectivity index (χ3v) is 6.03. The number of hydrogen-bond acceptors (Lipinski definition) is 1. The Morgan fingerprint density at radius 1 is 0.895 bits per heavy atom. The SMILES string of the molecule is C1=C(c2ccccc2)P2CCC1(c1ccccc1)O2. The van der Waals surface area contributed by atoms with Gasteiger partial charge >= 0.3 is 0 Å². The third kappa shape index (κ3) is 1.77. The Bertz CT molecular complexity index is 620. The zero-order chi connectivity index (χ0) is 12.7. The molecule has 2 heteroatoms. The van der Waals surface area contributed by atoms with Crippen molar-refractivity contribution in [3.63, 3.8) is 0 Å². The molecule has 0 aliphatic carbocycles. The van der Waals surface area contributed by atoms with E-state index >= 15 is 0 Å². The molecule has 2 aromatic rings. The molecule has 2 heterocycles. The van der Waals surface area contributed by atoms with E-state index < -0.39 is 8.15 Å². The summed E-state index contributed by atoms with van der Waals surface area (Å²) in [5, 5.41) is 1.42. The number of hydrogen-bond donors (Lipinski definition) is 0. The Morgan fingerprint density at radius 3 is 2.32 bits per heavy atom. The first-order valence-electron chi connectivity index (χ1n) is 6.68. The molecule has 1 saturated heterocycles. The molecular formula is C17H15OP. The predicted octanol–water partition coefficient (Wildman–Crippen LogP) is 4.75. The summed E-state index contributed by atoms with van der Waals surface area (Å²) in [6.45, 7) is 0. The molecule has 0 radical (unpaired) electrons. The maximum Gasteiger partial charge on any atom is 0.117 e. The molecule has 0 spiro atoms. The van der Waals surface area contributed by atoms with Crippen molar-refractivity contribution in [3.05, 3.63) is 77.9 Å². The molecule has 2 unspecified atom stereocenters. The minimum atomic E-state index is -0.420. The highest BCUT2D eigenvalue weighted by Crippen LogP contribution is 2.69. The van der Waals surface area contributed by atoms with Gasteiger partial charge < -0.3 is 4.52 Å². The van der Waals surface area contributed by atoms with Crippen molar-refractivity contribution in [2.45, 2.75) is 12.0 Å². The van der Waals surface area contributed by atoms with E-state index in [1.165, 1.54) is 22.6 Å². The van der Waals surface area contributed by atoms with Gasteiger partial charge in [0.05, 0.1) is 8.15 Å². The van der Waals surface area contributed by atoms with Crippen LogP contribution in [0.3, 0.4) is 0 Å². The second-order valence-electron chi connectivity index (χ2n) is 5.09. The van der Waals surface area contributed by atoms with E-state index in [1.54, 1.807) is 0 Å². The first kappa shape index (κ1) is 11.4.